The lowest BCUT2D eigenvalue weighted by Crippen LogP contribution is -2.57. The molecule has 5 nitrogen and oxygen atoms in total. The van der Waals surface area contributed by atoms with Gasteiger partial charge in [-0.2, -0.15) is 0 Å². The molecule has 3 fully saturated rings. The average molecular weight is 423 g/mol. The van der Waals surface area contributed by atoms with Gasteiger partial charge in [-0.25, -0.2) is 0 Å². The first kappa shape index (κ1) is 20.8. The van der Waals surface area contributed by atoms with E-state index in [1.165, 1.54) is 24.8 Å². The molecule has 2 aliphatic carbocycles. The van der Waals surface area contributed by atoms with Gasteiger partial charge in [-0.1, -0.05) is 18.6 Å². The molecule has 2 heterocycles. The van der Waals surface area contributed by atoms with Crippen LogP contribution in [0.25, 0.3) is 0 Å². The lowest BCUT2D eigenvalue weighted by molar-refractivity contribution is -0.148. The average Bonchev–Trinajstić information content (AvgIpc) is 3.29. The molecule has 1 aromatic heterocycles. The number of pyridine rings is 1. The van der Waals surface area contributed by atoms with Crippen molar-refractivity contribution in [1.82, 2.24) is 9.88 Å². The molecule has 5 heteroatoms. The topological polar surface area (TPSA) is 54.8 Å². The van der Waals surface area contributed by atoms with Crippen LogP contribution in [0.4, 0.5) is 0 Å². The summed E-state index contributed by atoms with van der Waals surface area (Å²) >= 11 is 0. The highest BCUT2D eigenvalue weighted by molar-refractivity contribution is 5.43. The van der Waals surface area contributed by atoms with Crippen molar-refractivity contribution in [3.63, 3.8) is 0 Å². The van der Waals surface area contributed by atoms with Crippen LogP contribution in [0, 0.1) is 11.8 Å². The summed E-state index contributed by atoms with van der Waals surface area (Å²) in [7, 11) is 1.72. The SMILES string of the molecule is COc1cc(CN2C[C@@H]3CCC[C@@H](C2)C3(O)c2cccnc2)ccc1OC1CCCC1. The summed E-state index contributed by atoms with van der Waals surface area (Å²) in [6.45, 7) is 2.69. The Balaban J connectivity index is 1.30. The zero-order valence-corrected chi connectivity index (χ0v) is 18.5. The second-order valence-electron chi connectivity index (χ2n) is 9.60. The van der Waals surface area contributed by atoms with Gasteiger partial charge in [-0.3, -0.25) is 9.88 Å². The first-order chi connectivity index (χ1) is 15.2. The number of hydrogen-bond acceptors (Lipinski definition) is 5. The molecule has 2 bridgehead atoms. The highest BCUT2D eigenvalue weighted by Gasteiger charge is 2.51. The van der Waals surface area contributed by atoms with E-state index in [1.807, 2.05) is 18.3 Å². The number of hydrogen-bond donors (Lipinski definition) is 1. The van der Waals surface area contributed by atoms with Crippen LogP contribution in [-0.2, 0) is 12.1 Å². The standard InChI is InChI=1S/C26H34N2O3/c1-30-25-14-19(11-12-24(25)31-23-9-2-3-10-23)16-28-17-21-6-4-7-22(18-28)26(21,29)20-8-5-13-27-15-20/h5,8,11-15,21-23,29H,2-4,6-7,9-10,16-18H2,1H3/t21-,22-/m0/s1. The molecule has 0 radical (unpaired) electrons. The van der Waals surface area contributed by atoms with Gasteiger partial charge < -0.3 is 14.6 Å². The van der Waals surface area contributed by atoms with Crippen molar-refractivity contribution in [2.24, 2.45) is 11.8 Å². The predicted octanol–water partition coefficient (Wildman–Crippen LogP) is 4.53. The summed E-state index contributed by atoms with van der Waals surface area (Å²) in [6.07, 6.45) is 12.1. The third-order valence-corrected chi connectivity index (χ3v) is 7.66. The fourth-order valence-electron chi connectivity index (χ4n) is 6.09. The van der Waals surface area contributed by atoms with Crippen molar-refractivity contribution in [2.45, 2.75) is 63.2 Å². The van der Waals surface area contributed by atoms with Crippen molar-refractivity contribution in [3.8, 4) is 11.5 Å². The quantitative estimate of drug-likeness (QED) is 0.741. The van der Waals surface area contributed by atoms with E-state index < -0.39 is 5.60 Å². The van der Waals surface area contributed by atoms with Crippen molar-refractivity contribution < 1.29 is 14.6 Å². The summed E-state index contributed by atoms with van der Waals surface area (Å²) in [4.78, 5) is 6.79. The number of rotatable bonds is 6. The minimum Gasteiger partial charge on any atom is -0.493 e. The Kier molecular flexibility index (Phi) is 5.89. The molecule has 2 saturated carbocycles. The summed E-state index contributed by atoms with van der Waals surface area (Å²) < 4.78 is 11.9. The second kappa shape index (κ2) is 8.79. The summed E-state index contributed by atoms with van der Waals surface area (Å²) in [5.41, 5.74) is 1.47. The number of nitrogens with zero attached hydrogens (tertiary/aromatic N) is 2. The number of ether oxygens (including phenoxy) is 2. The van der Waals surface area contributed by atoms with Gasteiger partial charge in [-0.15, -0.1) is 0 Å². The van der Waals surface area contributed by atoms with Gasteiger partial charge in [0.1, 0.15) is 0 Å². The van der Waals surface area contributed by atoms with Gasteiger partial charge in [0.25, 0.3) is 0 Å². The maximum Gasteiger partial charge on any atom is 0.161 e. The minimum atomic E-state index is -0.750. The molecule has 1 saturated heterocycles. The Bertz CT molecular complexity index is 867. The molecule has 2 atom stereocenters. The fraction of sp³-hybridized carbons (Fsp3) is 0.577. The molecule has 166 valence electrons. The number of piperidine rings is 1. The van der Waals surface area contributed by atoms with E-state index in [2.05, 4.69) is 28.1 Å². The number of likely N-dealkylation sites (tertiary alicyclic amines) is 1. The molecular weight excluding hydrogens is 388 g/mol. The largest absolute Gasteiger partial charge is 0.493 e. The third-order valence-electron chi connectivity index (χ3n) is 7.66. The first-order valence-corrected chi connectivity index (χ1v) is 11.9. The van der Waals surface area contributed by atoms with Gasteiger partial charge in [0, 0.05) is 49.4 Å². The van der Waals surface area contributed by atoms with Crippen molar-refractivity contribution in [3.05, 3.63) is 53.9 Å². The Hall–Kier alpha value is -2.11. The maximum absolute atomic E-state index is 11.8. The van der Waals surface area contributed by atoms with E-state index in [9.17, 15) is 5.11 Å². The number of methoxy groups -OCH3 is 1. The number of fused-ring (bicyclic) bond motifs is 2. The smallest absolute Gasteiger partial charge is 0.161 e. The highest BCUT2D eigenvalue weighted by Crippen LogP contribution is 2.49. The molecule has 2 aromatic rings. The van der Waals surface area contributed by atoms with Gasteiger partial charge in [0.05, 0.1) is 18.8 Å². The molecular formula is C26H34N2O3. The molecule has 3 aliphatic rings. The molecule has 1 aromatic carbocycles. The van der Waals surface area contributed by atoms with Crippen LogP contribution in [0.2, 0.25) is 0 Å². The van der Waals surface area contributed by atoms with Crippen LogP contribution in [0.15, 0.2) is 42.7 Å². The Morgan fingerprint density at radius 2 is 1.81 bits per heavy atom. The number of aromatic nitrogens is 1. The van der Waals surface area contributed by atoms with Gasteiger partial charge in [0.15, 0.2) is 11.5 Å². The summed E-state index contributed by atoms with van der Waals surface area (Å²) in [6, 6.07) is 10.4. The number of benzene rings is 1. The molecule has 0 amide bonds. The Morgan fingerprint density at radius 1 is 1.03 bits per heavy atom. The van der Waals surface area contributed by atoms with Gasteiger partial charge >= 0.3 is 0 Å². The molecule has 0 unspecified atom stereocenters. The molecule has 31 heavy (non-hydrogen) atoms. The van der Waals surface area contributed by atoms with E-state index in [-0.39, 0.29) is 11.8 Å². The van der Waals surface area contributed by atoms with Crippen molar-refractivity contribution in [2.75, 3.05) is 20.2 Å². The third kappa shape index (κ3) is 4.06. The monoisotopic (exact) mass is 422 g/mol. The predicted molar refractivity (Wildman–Crippen MR) is 120 cm³/mol. The van der Waals surface area contributed by atoms with Crippen LogP contribution in [0.3, 0.4) is 0 Å². The molecule has 1 N–H and O–H groups in total. The maximum atomic E-state index is 11.8. The normalized spacial score (nSPS) is 29.1. The van der Waals surface area contributed by atoms with E-state index in [0.29, 0.717) is 6.10 Å². The molecule has 0 spiro atoms. The first-order valence-electron chi connectivity index (χ1n) is 11.9. The summed E-state index contributed by atoms with van der Waals surface area (Å²) in [5.74, 6) is 2.18. The zero-order valence-electron chi connectivity index (χ0n) is 18.5. The minimum absolute atomic E-state index is 0.246. The second-order valence-corrected chi connectivity index (χ2v) is 9.60. The van der Waals surface area contributed by atoms with E-state index in [0.717, 1.165) is 62.4 Å². The molecule has 1 aliphatic heterocycles. The van der Waals surface area contributed by atoms with E-state index in [4.69, 9.17) is 9.47 Å². The lowest BCUT2D eigenvalue weighted by Gasteiger charge is -2.53. The Morgan fingerprint density at radius 3 is 2.48 bits per heavy atom. The van der Waals surface area contributed by atoms with Gasteiger partial charge in [0.2, 0.25) is 0 Å². The van der Waals surface area contributed by atoms with Crippen molar-refractivity contribution >= 4 is 0 Å². The van der Waals surface area contributed by atoms with Crippen LogP contribution >= 0.6 is 0 Å². The van der Waals surface area contributed by atoms with Gasteiger partial charge in [-0.05, 0) is 62.3 Å². The van der Waals surface area contributed by atoms with Crippen LogP contribution in [0.5, 0.6) is 11.5 Å². The van der Waals surface area contributed by atoms with E-state index in [1.54, 1.807) is 13.3 Å². The van der Waals surface area contributed by atoms with Crippen LogP contribution < -0.4 is 9.47 Å². The van der Waals surface area contributed by atoms with Crippen LogP contribution in [-0.4, -0.2) is 41.3 Å². The Labute approximate surface area is 185 Å². The number of aliphatic hydroxyl groups is 1. The molecule has 5 rings (SSSR count). The van der Waals surface area contributed by atoms with E-state index >= 15 is 0 Å². The lowest BCUT2D eigenvalue weighted by atomic mass is 9.63. The fourth-order valence-corrected chi connectivity index (χ4v) is 6.09. The van der Waals surface area contributed by atoms with Crippen molar-refractivity contribution in [1.29, 1.82) is 0 Å². The zero-order chi connectivity index (χ0) is 21.3. The highest BCUT2D eigenvalue weighted by atomic mass is 16.5. The van der Waals surface area contributed by atoms with Crippen LogP contribution in [0.1, 0.15) is 56.1 Å². The summed E-state index contributed by atoms with van der Waals surface area (Å²) in [5, 5.41) is 11.8.